The Kier molecular flexibility index (Phi) is 6.29. The van der Waals surface area contributed by atoms with Crippen LogP contribution in [0.1, 0.15) is 10.5 Å². The van der Waals surface area contributed by atoms with Crippen LogP contribution >= 0.6 is 0 Å². The Labute approximate surface area is 216 Å². The Morgan fingerprint density at radius 1 is 0.921 bits per heavy atom. The molecule has 0 fully saturated rings. The van der Waals surface area contributed by atoms with Crippen LogP contribution in [0.3, 0.4) is 0 Å². The summed E-state index contributed by atoms with van der Waals surface area (Å²) in [6.45, 7) is 0. The van der Waals surface area contributed by atoms with Gasteiger partial charge in [0.2, 0.25) is 15.9 Å². The summed E-state index contributed by atoms with van der Waals surface area (Å²) in [7, 11) is -3.51. The number of aromatic hydroxyl groups is 1. The number of hydrogen-bond donors (Lipinski definition) is 4. The zero-order valence-corrected chi connectivity index (χ0v) is 20.6. The SMILES string of the molecule is CS(=O)(=O)Nc1ccc2cc(C(=O)Nc3c(F)c(-c4ccccc4)cc(-c4cccc(O)n4)c3F)[nH]c2c1. The maximum Gasteiger partial charge on any atom is 0.272 e. The van der Waals surface area contributed by atoms with E-state index in [-0.39, 0.29) is 34.1 Å². The van der Waals surface area contributed by atoms with Crippen molar-refractivity contribution < 1.29 is 27.1 Å². The number of aromatic nitrogens is 2. The largest absolute Gasteiger partial charge is 0.493 e. The van der Waals surface area contributed by atoms with Crippen molar-refractivity contribution in [2.45, 2.75) is 0 Å². The number of aromatic amines is 1. The lowest BCUT2D eigenvalue weighted by Crippen LogP contribution is -2.15. The number of nitrogens with zero attached hydrogens (tertiary/aromatic N) is 1. The van der Waals surface area contributed by atoms with Gasteiger partial charge in [-0.1, -0.05) is 42.5 Å². The highest BCUT2D eigenvalue weighted by Gasteiger charge is 2.24. The van der Waals surface area contributed by atoms with Gasteiger partial charge in [0.25, 0.3) is 5.91 Å². The molecule has 5 aromatic rings. The molecule has 0 unspecified atom stereocenters. The lowest BCUT2D eigenvalue weighted by molar-refractivity contribution is 0.102. The molecule has 0 aliphatic heterocycles. The van der Waals surface area contributed by atoms with Gasteiger partial charge in [-0.15, -0.1) is 0 Å². The molecule has 8 nitrogen and oxygen atoms in total. The molecular formula is C27H20F2N4O4S. The molecule has 0 saturated heterocycles. The zero-order valence-electron chi connectivity index (χ0n) is 19.8. The Bertz CT molecular complexity index is 1810. The summed E-state index contributed by atoms with van der Waals surface area (Å²) in [5.41, 5.74) is 0.425. The van der Waals surface area contributed by atoms with Crippen LogP contribution in [0.2, 0.25) is 0 Å². The average molecular weight is 535 g/mol. The van der Waals surface area contributed by atoms with Crippen molar-refractivity contribution in [3.05, 3.63) is 96.2 Å². The molecule has 0 saturated carbocycles. The summed E-state index contributed by atoms with van der Waals surface area (Å²) in [4.78, 5) is 19.9. The van der Waals surface area contributed by atoms with Crippen molar-refractivity contribution in [1.29, 1.82) is 0 Å². The van der Waals surface area contributed by atoms with E-state index in [2.05, 4.69) is 20.0 Å². The molecule has 3 aromatic carbocycles. The fourth-order valence-corrected chi connectivity index (χ4v) is 4.60. The fourth-order valence-electron chi connectivity index (χ4n) is 4.04. The highest BCUT2D eigenvalue weighted by Crippen LogP contribution is 2.37. The molecule has 38 heavy (non-hydrogen) atoms. The summed E-state index contributed by atoms with van der Waals surface area (Å²) in [6.07, 6.45) is 1.01. The summed E-state index contributed by atoms with van der Waals surface area (Å²) in [5, 5.41) is 12.7. The molecule has 1 amide bonds. The molecule has 0 bridgehead atoms. The minimum absolute atomic E-state index is 0.00236. The first-order valence-corrected chi connectivity index (χ1v) is 13.1. The third-order valence-corrected chi connectivity index (χ3v) is 6.31. The van der Waals surface area contributed by atoms with Crippen molar-refractivity contribution >= 4 is 38.2 Å². The van der Waals surface area contributed by atoms with E-state index < -0.39 is 33.3 Å². The average Bonchev–Trinajstić information content (AvgIpc) is 3.30. The second kappa shape index (κ2) is 9.60. The number of nitrogens with one attached hydrogen (secondary N) is 3. The number of amides is 1. The first-order chi connectivity index (χ1) is 18.1. The maximum absolute atomic E-state index is 15.7. The minimum atomic E-state index is -3.51. The molecule has 0 aliphatic carbocycles. The topological polar surface area (TPSA) is 124 Å². The van der Waals surface area contributed by atoms with E-state index in [1.807, 2.05) is 0 Å². The molecule has 2 heterocycles. The highest BCUT2D eigenvalue weighted by atomic mass is 32.2. The van der Waals surface area contributed by atoms with Gasteiger partial charge in [-0.2, -0.15) is 0 Å². The third-order valence-electron chi connectivity index (χ3n) is 5.70. The number of pyridine rings is 1. The van der Waals surface area contributed by atoms with Crippen LogP contribution in [0, 0.1) is 11.6 Å². The van der Waals surface area contributed by atoms with Gasteiger partial charge in [0, 0.05) is 28.1 Å². The lowest BCUT2D eigenvalue weighted by Gasteiger charge is -2.15. The number of fused-ring (bicyclic) bond motifs is 1. The van der Waals surface area contributed by atoms with E-state index in [0.29, 0.717) is 16.5 Å². The molecule has 0 atom stereocenters. The molecule has 11 heteroatoms. The van der Waals surface area contributed by atoms with Gasteiger partial charge in [-0.25, -0.2) is 22.2 Å². The Balaban J connectivity index is 1.57. The van der Waals surface area contributed by atoms with Crippen LogP contribution in [0.4, 0.5) is 20.2 Å². The standard InChI is InChI=1S/C27H20F2N4O4S/c1-38(36,37)33-17-11-10-16-12-22(30-21(16)13-17)27(35)32-26-24(28)18(15-6-3-2-4-7-15)14-19(25(26)29)20-8-5-9-23(34)31-20/h2-14,30,33H,1H3,(H,31,34)(H,32,35). The number of halogens is 2. The fraction of sp³-hybridized carbons (Fsp3) is 0.0370. The smallest absolute Gasteiger partial charge is 0.272 e. The van der Waals surface area contributed by atoms with Gasteiger partial charge in [0.15, 0.2) is 11.6 Å². The van der Waals surface area contributed by atoms with E-state index in [0.717, 1.165) is 6.26 Å². The predicted octanol–water partition coefficient (Wildman–Crippen LogP) is 5.50. The molecule has 0 radical (unpaired) electrons. The predicted molar refractivity (Wildman–Crippen MR) is 141 cm³/mol. The van der Waals surface area contributed by atoms with Crippen LogP contribution < -0.4 is 10.0 Å². The third kappa shape index (κ3) is 5.04. The molecule has 0 spiro atoms. The van der Waals surface area contributed by atoms with E-state index in [9.17, 15) is 18.3 Å². The maximum atomic E-state index is 15.7. The van der Waals surface area contributed by atoms with Gasteiger partial charge in [-0.3, -0.25) is 9.52 Å². The van der Waals surface area contributed by atoms with Crippen molar-refractivity contribution in [3.8, 4) is 28.3 Å². The number of hydrogen-bond acceptors (Lipinski definition) is 5. The quantitative estimate of drug-likeness (QED) is 0.229. The van der Waals surface area contributed by atoms with Crippen molar-refractivity contribution in [3.63, 3.8) is 0 Å². The normalized spacial score (nSPS) is 11.4. The van der Waals surface area contributed by atoms with Crippen molar-refractivity contribution in [2.24, 2.45) is 0 Å². The molecular weight excluding hydrogens is 514 g/mol. The summed E-state index contributed by atoms with van der Waals surface area (Å²) >= 11 is 0. The number of carbonyl (C=O) groups excluding carboxylic acids is 1. The van der Waals surface area contributed by atoms with E-state index in [1.165, 1.54) is 42.5 Å². The molecule has 4 N–H and O–H groups in total. The molecule has 5 rings (SSSR count). The number of sulfonamides is 1. The van der Waals surface area contributed by atoms with E-state index >= 15 is 8.78 Å². The number of benzene rings is 3. The Morgan fingerprint density at radius 3 is 2.37 bits per heavy atom. The van der Waals surface area contributed by atoms with Crippen LogP contribution in [-0.4, -0.2) is 35.7 Å². The first-order valence-electron chi connectivity index (χ1n) is 11.2. The molecule has 0 aliphatic rings. The van der Waals surface area contributed by atoms with Crippen LogP contribution in [0.5, 0.6) is 5.88 Å². The Hall–Kier alpha value is -4.77. The van der Waals surface area contributed by atoms with Gasteiger partial charge in [-0.05, 0) is 35.9 Å². The van der Waals surface area contributed by atoms with Crippen molar-refractivity contribution in [1.82, 2.24) is 9.97 Å². The van der Waals surface area contributed by atoms with Gasteiger partial charge in [0.05, 0.1) is 17.6 Å². The first kappa shape index (κ1) is 24.9. The van der Waals surface area contributed by atoms with Gasteiger partial charge >= 0.3 is 0 Å². The van der Waals surface area contributed by atoms with E-state index in [1.54, 1.807) is 36.4 Å². The highest BCUT2D eigenvalue weighted by molar-refractivity contribution is 7.92. The summed E-state index contributed by atoms with van der Waals surface area (Å²) < 4.78 is 56.8. The second-order valence-corrected chi connectivity index (χ2v) is 10.3. The monoisotopic (exact) mass is 534 g/mol. The van der Waals surface area contributed by atoms with Crippen LogP contribution in [-0.2, 0) is 10.0 Å². The van der Waals surface area contributed by atoms with Gasteiger partial charge in [0.1, 0.15) is 11.4 Å². The summed E-state index contributed by atoms with van der Waals surface area (Å²) in [5.74, 6) is -3.22. The number of anilines is 2. The van der Waals surface area contributed by atoms with Crippen LogP contribution in [0.25, 0.3) is 33.3 Å². The zero-order chi connectivity index (χ0) is 27.0. The van der Waals surface area contributed by atoms with Crippen LogP contribution in [0.15, 0.2) is 78.9 Å². The summed E-state index contributed by atoms with van der Waals surface area (Å²) in [6, 6.07) is 20.0. The Morgan fingerprint density at radius 2 is 1.66 bits per heavy atom. The minimum Gasteiger partial charge on any atom is -0.493 e. The molecule has 192 valence electrons. The number of carbonyl (C=O) groups is 1. The number of H-pyrrole nitrogens is 1. The number of rotatable bonds is 6. The lowest BCUT2D eigenvalue weighted by atomic mass is 9.98. The van der Waals surface area contributed by atoms with Crippen molar-refractivity contribution in [2.75, 3.05) is 16.3 Å². The van der Waals surface area contributed by atoms with Gasteiger partial charge < -0.3 is 15.4 Å². The second-order valence-electron chi connectivity index (χ2n) is 8.54. The molecule has 2 aromatic heterocycles. The van der Waals surface area contributed by atoms with E-state index in [4.69, 9.17) is 0 Å².